The number of nitrogens with one attached hydrogen (secondary N) is 3. The minimum atomic E-state index is -0.664. The summed E-state index contributed by atoms with van der Waals surface area (Å²) in [5.41, 5.74) is 1.79. The molecule has 0 aliphatic rings. The Hall–Kier alpha value is -5.78. The number of carbonyl (C=O) groups excluding carboxylic acids is 3. The zero-order valence-corrected chi connectivity index (χ0v) is 26.1. The van der Waals surface area contributed by atoms with Gasteiger partial charge in [0.1, 0.15) is 16.8 Å². The van der Waals surface area contributed by atoms with E-state index in [0.29, 0.717) is 32.6 Å². The fraction of sp³-hybridized carbons (Fsp3) is 0.0286. The van der Waals surface area contributed by atoms with Gasteiger partial charge in [-0.3, -0.25) is 24.5 Å². The largest absolute Gasteiger partial charge is 0.321 e. The Balaban J connectivity index is 1.38. The lowest BCUT2D eigenvalue weighted by atomic mass is 10.1. The standard InChI is InChI=1S/C35H26ClN5O5S/c36-26-16-19-31(37-22-26)40-35(44)32(24-8-3-1-4-9-24)47-29-13-7-12-27(21-29)38-34(43)30(39-33(42)25-10-5-2-6-11-25)20-23-14-17-28(18-15-23)41(45)46/h1-22,32H,(H,38,43)(H,39,42)(H,37,40,44)/b30-20+. The molecule has 0 fully saturated rings. The summed E-state index contributed by atoms with van der Waals surface area (Å²) >= 11 is 7.22. The third-order valence-electron chi connectivity index (χ3n) is 6.61. The van der Waals surface area contributed by atoms with Gasteiger partial charge in [-0.2, -0.15) is 0 Å². The zero-order chi connectivity index (χ0) is 33.2. The number of rotatable bonds is 11. The van der Waals surface area contributed by atoms with Crippen LogP contribution in [-0.4, -0.2) is 27.6 Å². The lowest BCUT2D eigenvalue weighted by molar-refractivity contribution is -0.384. The summed E-state index contributed by atoms with van der Waals surface area (Å²) in [6.45, 7) is 0. The van der Waals surface area contributed by atoms with Gasteiger partial charge in [-0.25, -0.2) is 4.98 Å². The highest BCUT2D eigenvalue weighted by molar-refractivity contribution is 8.00. The average molecular weight is 664 g/mol. The van der Waals surface area contributed by atoms with Gasteiger partial charge in [0.2, 0.25) is 5.91 Å². The van der Waals surface area contributed by atoms with Gasteiger partial charge in [0, 0.05) is 34.5 Å². The van der Waals surface area contributed by atoms with E-state index in [1.54, 1.807) is 60.7 Å². The number of pyridine rings is 1. The summed E-state index contributed by atoms with van der Waals surface area (Å²) in [5, 5.41) is 19.2. The van der Waals surface area contributed by atoms with Gasteiger partial charge in [-0.05, 0) is 71.8 Å². The number of halogens is 1. The Morgan fingerprint density at radius 2 is 1.53 bits per heavy atom. The molecular formula is C35H26ClN5O5S. The van der Waals surface area contributed by atoms with E-state index in [0.717, 1.165) is 5.56 Å². The van der Waals surface area contributed by atoms with Crippen molar-refractivity contribution in [2.75, 3.05) is 10.6 Å². The molecule has 47 heavy (non-hydrogen) atoms. The lowest BCUT2D eigenvalue weighted by Crippen LogP contribution is -2.30. The molecule has 0 spiro atoms. The number of anilines is 2. The molecule has 0 bridgehead atoms. The van der Waals surface area contributed by atoms with Crippen molar-refractivity contribution in [3.05, 3.63) is 165 Å². The number of amides is 3. The summed E-state index contributed by atoms with van der Waals surface area (Å²) in [6.07, 6.45) is 2.87. The molecule has 1 atom stereocenters. The fourth-order valence-corrected chi connectivity index (χ4v) is 5.52. The Morgan fingerprint density at radius 1 is 0.830 bits per heavy atom. The summed E-state index contributed by atoms with van der Waals surface area (Å²) in [5.74, 6) is -1.08. The van der Waals surface area contributed by atoms with Gasteiger partial charge in [0.25, 0.3) is 17.5 Å². The summed E-state index contributed by atoms with van der Waals surface area (Å²) in [7, 11) is 0. The Kier molecular flexibility index (Phi) is 10.7. The zero-order valence-electron chi connectivity index (χ0n) is 24.5. The van der Waals surface area contributed by atoms with Crippen LogP contribution in [0.25, 0.3) is 6.08 Å². The Labute approximate surface area is 279 Å². The molecule has 0 aliphatic carbocycles. The number of nitrogens with zero attached hydrogens (tertiary/aromatic N) is 2. The number of nitro benzene ring substituents is 1. The molecule has 0 saturated carbocycles. The van der Waals surface area contributed by atoms with Crippen LogP contribution in [0.4, 0.5) is 17.2 Å². The Morgan fingerprint density at radius 3 is 2.19 bits per heavy atom. The van der Waals surface area contributed by atoms with Gasteiger partial charge in [0.15, 0.2) is 0 Å². The fourth-order valence-electron chi connectivity index (χ4n) is 4.33. The number of thioether (sulfide) groups is 1. The van der Waals surface area contributed by atoms with Crippen LogP contribution in [0.3, 0.4) is 0 Å². The minimum Gasteiger partial charge on any atom is -0.321 e. The monoisotopic (exact) mass is 663 g/mol. The first kappa shape index (κ1) is 32.6. The highest BCUT2D eigenvalue weighted by Gasteiger charge is 2.23. The quantitative estimate of drug-likeness (QED) is 0.0574. The van der Waals surface area contributed by atoms with Gasteiger partial charge in [-0.1, -0.05) is 66.2 Å². The molecule has 0 aliphatic heterocycles. The second-order valence-corrected chi connectivity index (χ2v) is 11.6. The number of hydrogen-bond donors (Lipinski definition) is 3. The van der Waals surface area contributed by atoms with E-state index in [9.17, 15) is 24.5 Å². The highest BCUT2D eigenvalue weighted by Crippen LogP contribution is 2.37. The molecule has 12 heteroatoms. The first-order chi connectivity index (χ1) is 22.7. The molecule has 3 N–H and O–H groups in total. The van der Waals surface area contributed by atoms with Gasteiger partial charge in [0.05, 0.1) is 9.95 Å². The van der Waals surface area contributed by atoms with E-state index in [-0.39, 0.29) is 17.3 Å². The van der Waals surface area contributed by atoms with Crippen LogP contribution in [0.1, 0.15) is 26.7 Å². The van der Waals surface area contributed by atoms with Gasteiger partial charge >= 0.3 is 0 Å². The van der Waals surface area contributed by atoms with Crippen LogP contribution >= 0.6 is 23.4 Å². The molecule has 5 rings (SSSR count). The van der Waals surface area contributed by atoms with Crippen molar-refractivity contribution in [1.82, 2.24) is 10.3 Å². The smallest absolute Gasteiger partial charge is 0.272 e. The van der Waals surface area contributed by atoms with Gasteiger partial charge < -0.3 is 16.0 Å². The molecule has 3 amide bonds. The topological polar surface area (TPSA) is 143 Å². The second-order valence-electron chi connectivity index (χ2n) is 9.97. The van der Waals surface area contributed by atoms with Crippen LogP contribution < -0.4 is 16.0 Å². The third-order valence-corrected chi connectivity index (χ3v) is 8.08. The SMILES string of the molecule is O=C(Nc1cccc(SC(C(=O)Nc2ccc(Cl)cn2)c2ccccc2)c1)/C(=C\c1ccc([N+](=O)[O-])cc1)NC(=O)c1ccccc1. The molecule has 1 heterocycles. The predicted molar refractivity (Wildman–Crippen MR) is 183 cm³/mol. The third kappa shape index (κ3) is 9.13. The van der Waals surface area contributed by atoms with E-state index in [1.165, 1.54) is 48.3 Å². The molecular weight excluding hydrogens is 638 g/mol. The van der Waals surface area contributed by atoms with E-state index in [4.69, 9.17) is 11.6 Å². The average Bonchev–Trinajstić information content (AvgIpc) is 3.09. The van der Waals surface area contributed by atoms with E-state index >= 15 is 0 Å². The maximum atomic E-state index is 13.6. The molecule has 4 aromatic carbocycles. The molecule has 1 aromatic heterocycles. The molecule has 0 saturated heterocycles. The van der Waals surface area contributed by atoms with Crippen molar-refractivity contribution in [2.45, 2.75) is 10.1 Å². The Bertz CT molecular complexity index is 1920. The van der Waals surface area contributed by atoms with E-state index < -0.39 is 22.0 Å². The second kappa shape index (κ2) is 15.5. The first-order valence-electron chi connectivity index (χ1n) is 14.1. The highest BCUT2D eigenvalue weighted by atomic mass is 35.5. The van der Waals surface area contributed by atoms with Crippen LogP contribution in [0.15, 0.2) is 138 Å². The van der Waals surface area contributed by atoms with Crippen LogP contribution in [0.5, 0.6) is 0 Å². The van der Waals surface area contributed by atoms with Crippen LogP contribution in [0, 0.1) is 10.1 Å². The van der Waals surface area contributed by atoms with E-state index in [2.05, 4.69) is 20.9 Å². The van der Waals surface area contributed by atoms with Crippen LogP contribution in [-0.2, 0) is 9.59 Å². The van der Waals surface area contributed by atoms with Crippen LogP contribution in [0.2, 0.25) is 5.02 Å². The van der Waals surface area contributed by atoms with Crippen molar-refractivity contribution in [2.24, 2.45) is 0 Å². The maximum Gasteiger partial charge on any atom is 0.272 e. The first-order valence-corrected chi connectivity index (χ1v) is 15.4. The van der Waals surface area contributed by atoms with Crippen molar-refractivity contribution < 1.29 is 19.3 Å². The normalized spacial score (nSPS) is 11.6. The summed E-state index contributed by atoms with van der Waals surface area (Å²) in [6, 6.07) is 33.4. The number of aromatic nitrogens is 1. The van der Waals surface area contributed by atoms with Crippen molar-refractivity contribution >= 4 is 64.4 Å². The number of hydrogen-bond acceptors (Lipinski definition) is 7. The van der Waals surface area contributed by atoms with Crippen molar-refractivity contribution in [1.29, 1.82) is 0 Å². The predicted octanol–water partition coefficient (Wildman–Crippen LogP) is 7.52. The molecule has 0 radical (unpaired) electrons. The maximum absolute atomic E-state index is 13.6. The summed E-state index contributed by atoms with van der Waals surface area (Å²) in [4.78, 5) is 55.4. The van der Waals surface area contributed by atoms with Crippen molar-refractivity contribution in [3.63, 3.8) is 0 Å². The summed E-state index contributed by atoms with van der Waals surface area (Å²) < 4.78 is 0. The number of carbonyl (C=O) groups is 3. The van der Waals surface area contributed by atoms with E-state index in [1.807, 2.05) is 36.4 Å². The molecule has 1 unspecified atom stereocenters. The molecule has 5 aromatic rings. The van der Waals surface area contributed by atoms with Crippen molar-refractivity contribution in [3.8, 4) is 0 Å². The van der Waals surface area contributed by atoms with Gasteiger partial charge in [-0.15, -0.1) is 11.8 Å². The lowest BCUT2D eigenvalue weighted by Gasteiger charge is -2.17. The number of non-ortho nitro benzene ring substituents is 1. The molecule has 234 valence electrons. The minimum absolute atomic E-state index is 0.0808. The molecule has 10 nitrogen and oxygen atoms in total. The number of benzene rings is 4. The number of nitro groups is 1.